The molecule has 0 spiro atoms. The Morgan fingerprint density at radius 3 is 2.32 bits per heavy atom. The van der Waals surface area contributed by atoms with Crippen molar-refractivity contribution < 1.29 is 9.59 Å². The van der Waals surface area contributed by atoms with Gasteiger partial charge in [-0.15, -0.1) is 0 Å². The minimum Gasteiger partial charge on any atom is -0.354 e. The second kappa shape index (κ2) is 10.8. The van der Waals surface area contributed by atoms with Gasteiger partial charge in [0.25, 0.3) is 5.91 Å². The fourth-order valence-corrected chi connectivity index (χ4v) is 2.21. The number of benzene rings is 1. The van der Waals surface area contributed by atoms with Crippen molar-refractivity contribution in [3.8, 4) is 0 Å². The summed E-state index contributed by atoms with van der Waals surface area (Å²) in [6.07, 6.45) is 7.17. The first-order valence-corrected chi connectivity index (χ1v) is 8.28. The molecular weight excluding hydrogens is 276 g/mol. The molecule has 4 heteroatoms. The highest BCUT2D eigenvalue weighted by atomic mass is 16.2. The molecule has 0 saturated heterocycles. The lowest BCUT2D eigenvalue weighted by Crippen LogP contribution is -2.45. The van der Waals surface area contributed by atoms with Gasteiger partial charge in [0, 0.05) is 12.1 Å². The van der Waals surface area contributed by atoms with Gasteiger partial charge in [-0.2, -0.15) is 0 Å². The van der Waals surface area contributed by atoms with Gasteiger partial charge in [-0.25, -0.2) is 0 Å². The molecule has 0 bridgehead atoms. The zero-order chi connectivity index (χ0) is 16.2. The Balaban J connectivity index is 2.18. The van der Waals surface area contributed by atoms with Gasteiger partial charge in [0.15, 0.2) is 0 Å². The number of hydrogen-bond donors (Lipinski definition) is 2. The Morgan fingerprint density at radius 1 is 1.00 bits per heavy atom. The van der Waals surface area contributed by atoms with Crippen LogP contribution in [0.15, 0.2) is 30.3 Å². The van der Waals surface area contributed by atoms with Crippen molar-refractivity contribution in [1.29, 1.82) is 0 Å². The second-order valence-electron chi connectivity index (χ2n) is 5.62. The van der Waals surface area contributed by atoms with E-state index in [1.54, 1.807) is 31.2 Å². The molecular formula is C18H28N2O2. The number of carbonyl (C=O) groups is 2. The van der Waals surface area contributed by atoms with Gasteiger partial charge >= 0.3 is 0 Å². The maximum absolute atomic E-state index is 11.9. The maximum Gasteiger partial charge on any atom is 0.251 e. The third-order valence-electron chi connectivity index (χ3n) is 3.61. The predicted molar refractivity (Wildman–Crippen MR) is 89.8 cm³/mol. The molecule has 0 aliphatic carbocycles. The first-order chi connectivity index (χ1) is 10.6. The molecule has 0 aliphatic heterocycles. The van der Waals surface area contributed by atoms with Gasteiger partial charge in [-0.3, -0.25) is 9.59 Å². The number of carbonyl (C=O) groups excluding carboxylic acids is 2. The highest BCUT2D eigenvalue weighted by molar-refractivity contribution is 5.97. The summed E-state index contributed by atoms with van der Waals surface area (Å²) in [6.45, 7) is 4.58. The summed E-state index contributed by atoms with van der Waals surface area (Å²) in [5.41, 5.74) is 0.568. The molecule has 0 aromatic heterocycles. The average molecular weight is 304 g/mol. The van der Waals surface area contributed by atoms with E-state index in [0.29, 0.717) is 12.1 Å². The van der Waals surface area contributed by atoms with Crippen LogP contribution in [0.1, 0.15) is 62.7 Å². The van der Waals surface area contributed by atoms with E-state index in [4.69, 9.17) is 0 Å². The van der Waals surface area contributed by atoms with E-state index in [-0.39, 0.29) is 11.8 Å². The van der Waals surface area contributed by atoms with Crippen LogP contribution in [-0.4, -0.2) is 24.4 Å². The van der Waals surface area contributed by atoms with Crippen LogP contribution >= 0.6 is 0 Å². The molecule has 2 N–H and O–H groups in total. The van der Waals surface area contributed by atoms with Crippen molar-refractivity contribution in [3.63, 3.8) is 0 Å². The van der Waals surface area contributed by atoms with Crippen LogP contribution in [-0.2, 0) is 4.79 Å². The third kappa shape index (κ3) is 7.25. The predicted octanol–water partition coefficient (Wildman–Crippen LogP) is 3.28. The van der Waals surface area contributed by atoms with Crippen LogP contribution in [0.25, 0.3) is 0 Å². The molecule has 0 radical (unpaired) electrons. The van der Waals surface area contributed by atoms with Crippen molar-refractivity contribution in [3.05, 3.63) is 35.9 Å². The van der Waals surface area contributed by atoms with Crippen LogP contribution in [0.3, 0.4) is 0 Å². The van der Waals surface area contributed by atoms with Gasteiger partial charge in [0.05, 0.1) is 0 Å². The normalized spacial score (nSPS) is 11.7. The van der Waals surface area contributed by atoms with Gasteiger partial charge < -0.3 is 10.6 Å². The fraction of sp³-hybridized carbons (Fsp3) is 0.556. The zero-order valence-corrected chi connectivity index (χ0v) is 13.7. The molecule has 122 valence electrons. The molecule has 0 aliphatic rings. The van der Waals surface area contributed by atoms with E-state index in [9.17, 15) is 9.59 Å². The van der Waals surface area contributed by atoms with Gasteiger partial charge in [0.1, 0.15) is 6.04 Å². The molecule has 0 unspecified atom stereocenters. The molecule has 2 amide bonds. The molecule has 0 fully saturated rings. The minimum absolute atomic E-state index is 0.127. The quantitative estimate of drug-likeness (QED) is 0.652. The molecule has 4 nitrogen and oxygen atoms in total. The van der Waals surface area contributed by atoms with Crippen LogP contribution in [0.4, 0.5) is 0 Å². The summed E-state index contributed by atoms with van der Waals surface area (Å²) in [4.78, 5) is 23.9. The van der Waals surface area contributed by atoms with E-state index >= 15 is 0 Å². The number of hydrogen-bond acceptors (Lipinski definition) is 2. The highest BCUT2D eigenvalue weighted by Gasteiger charge is 2.15. The highest BCUT2D eigenvalue weighted by Crippen LogP contribution is 2.04. The van der Waals surface area contributed by atoms with Crippen molar-refractivity contribution in [1.82, 2.24) is 10.6 Å². The minimum atomic E-state index is -0.521. The fourth-order valence-electron chi connectivity index (χ4n) is 2.21. The molecule has 1 rings (SSSR count). The lowest BCUT2D eigenvalue weighted by molar-refractivity contribution is -0.122. The smallest absolute Gasteiger partial charge is 0.251 e. The standard InChI is InChI=1S/C18H28N2O2/c1-3-4-5-6-7-11-14-19-17(21)15(2)20-18(22)16-12-9-8-10-13-16/h8-10,12-13,15H,3-7,11,14H2,1-2H3,(H,19,21)(H,20,22)/t15-/m0/s1. The van der Waals surface area contributed by atoms with E-state index < -0.39 is 6.04 Å². The SMILES string of the molecule is CCCCCCCCNC(=O)[C@H](C)NC(=O)c1ccccc1. The molecule has 1 aromatic rings. The Hall–Kier alpha value is -1.84. The van der Waals surface area contributed by atoms with Crippen LogP contribution < -0.4 is 10.6 Å². The van der Waals surface area contributed by atoms with Crippen LogP contribution in [0.2, 0.25) is 0 Å². The van der Waals surface area contributed by atoms with Gasteiger partial charge in [-0.1, -0.05) is 57.2 Å². The summed E-state index contributed by atoms with van der Waals surface area (Å²) in [5.74, 6) is -0.347. The van der Waals surface area contributed by atoms with Crippen molar-refractivity contribution in [2.24, 2.45) is 0 Å². The number of unbranched alkanes of at least 4 members (excludes halogenated alkanes) is 5. The third-order valence-corrected chi connectivity index (χ3v) is 3.61. The molecule has 0 saturated carbocycles. The largest absolute Gasteiger partial charge is 0.354 e. The first-order valence-electron chi connectivity index (χ1n) is 8.28. The molecule has 0 heterocycles. The Morgan fingerprint density at radius 2 is 1.64 bits per heavy atom. The summed E-state index contributed by atoms with van der Waals surface area (Å²) >= 11 is 0. The van der Waals surface area contributed by atoms with Crippen molar-refractivity contribution in [2.75, 3.05) is 6.54 Å². The lowest BCUT2D eigenvalue weighted by Gasteiger charge is -2.14. The topological polar surface area (TPSA) is 58.2 Å². The average Bonchev–Trinajstić information content (AvgIpc) is 2.54. The summed E-state index contributed by atoms with van der Waals surface area (Å²) in [7, 11) is 0. The monoisotopic (exact) mass is 304 g/mol. The van der Waals surface area contributed by atoms with E-state index in [1.165, 1.54) is 25.7 Å². The van der Waals surface area contributed by atoms with Crippen LogP contribution in [0.5, 0.6) is 0 Å². The number of nitrogens with one attached hydrogen (secondary N) is 2. The first kappa shape index (κ1) is 18.2. The van der Waals surface area contributed by atoms with Crippen LogP contribution in [0, 0.1) is 0 Å². The van der Waals surface area contributed by atoms with E-state index in [1.807, 2.05) is 6.07 Å². The second-order valence-corrected chi connectivity index (χ2v) is 5.62. The molecule has 1 atom stereocenters. The summed E-state index contributed by atoms with van der Waals surface area (Å²) < 4.78 is 0. The van der Waals surface area contributed by atoms with Gasteiger partial charge in [-0.05, 0) is 25.5 Å². The Kier molecular flexibility index (Phi) is 8.96. The van der Waals surface area contributed by atoms with Crippen molar-refractivity contribution >= 4 is 11.8 Å². The molecule has 22 heavy (non-hydrogen) atoms. The zero-order valence-electron chi connectivity index (χ0n) is 13.7. The number of amides is 2. The maximum atomic E-state index is 11.9. The Labute approximate surface area is 133 Å². The van der Waals surface area contributed by atoms with E-state index in [2.05, 4.69) is 17.6 Å². The summed E-state index contributed by atoms with van der Waals surface area (Å²) in [5, 5.41) is 5.59. The van der Waals surface area contributed by atoms with Gasteiger partial charge in [0.2, 0.25) is 5.91 Å². The molecule has 1 aromatic carbocycles. The summed E-state index contributed by atoms with van der Waals surface area (Å²) in [6, 6.07) is 8.41. The Bertz CT molecular complexity index is 446. The van der Waals surface area contributed by atoms with E-state index in [0.717, 1.165) is 12.8 Å². The lowest BCUT2D eigenvalue weighted by atomic mass is 10.1. The van der Waals surface area contributed by atoms with Crippen molar-refractivity contribution in [2.45, 2.75) is 58.4 Å². The number of rotatable bonds is 10.